The van der Waals surface area contributed by atoms with Gasteiger partial charge in [-0.05, 0) is 64.3 Å². The quantitative estimate of drug-likeness (QED) is 0.325. The van der Waals surface area contributed by atoms with Gasteiger partial charge in [-0.3, -0.25) is 9.59 Å². The third-order valence-electron chi connectivity index (χ3n) is 8.81. The Balaban J connectivity index is 0.000000214. The van der Waals surface area contributed by atoms with Crippen molar-refractivity contribution in [2.75, 3.05) is 45.6 Å². The molecule has 1 aromatic carbocycles. The number of aromatic carboxylic acids is 1. The minimum atomic E-state index is -0.973. The Morgan fingerprint density at radius 2 is 1.48 bits per heavy atom. The summed E-state index contributed by atoms with van der Waals surface area (Å²) >= 11 is 5.87. The van der Waals surface area contributed by atoms with E-state index in [-0.39, 0.29) is 46.8 Å². The van der Waals surface area contributed by atoms with Gasteiger partial charge in [0.15, 0.2) is 11.6 Å². The van der Waals surface area contributed by atoms with Crippen LogP contribution in [-0.4, -0.2) is 87.7 Å². The third-order valence-corrected chi connectivity index (χ3v) is 8.99. The molecule has 5 heterocycles. The molecule has 0 radical (unpaired) electrons. The fraction of sp³-hybridized carbons (Fsp3) is 0.485. The number of hydrogen-bond acceptors (Lipinski definition) is 11. The van der Waals surface area contributed by atoms with Crippen LogP contribution in [0.15, 0.2) is 24.5 Å². The lowest BCUT2D eigenvalue weighted by Gasteiger charge is -2.42. The zero-order chi connectivity index (χ0) is 35.0. The molecule has 0 aliphatic carbocycles. The SMILES string of the molecule is CC[C@H]1C(=O)N(C)c2cnc(Cl)nc2N1C(C)C.CC[C@H]1C(=O)N(C)c2cnc(Nc3ccc(C(=O)O)c4c3OCC4)nc2N1C(C)C. The van der Waals surface area contributed by atoms with Gasteiger partial charge < -0.3 is 34.8 Å². The number of anilines is 6. The van der Waals surface area contributed by atoms with Crippen molar-refractivity contribution < 1.29 is 24.2 Å². The Morgan fingerprint density at radius 3 is 2.00 bits per heavy atom. The minimum absolute atomic E-state index is 0.0264. The molecule has 2 N–H and O–H groups in total. The summed E-state index contributed by atoms with van der Waals surface area (Å²) in [5.74, 6) is 1.44. The molecule has 0 spiro atoms. The highest BCUT2D eigenvalue weighted by molar-refractivity contribution is 6.28. The number of likely N-dealkylation sites (N-methyl/N-ethyl adjacent to an activating group) is 2. The summed E-state index contributed by atoms with van der Waals surface area (Å²) in [7, 11) is 3.49. The number of carboxylic acids is 1. The highest BCUT2D eigenvalue weighted by Crippen LogP contribution is 2.40. The van der Waals surface area contributed by atoms with E-state index in [1.165, 1.54) is 0 Å². The highest BCUT2D eigenvalue weighted by atomic mass is 35.5. The van der Waals surface area contributed by atoms with Gasteiger partial charge in [-0.15, -0.1) is 0 Å². The first-order chi connectivity index (χ1) is 22.8. The molecular weight excluding hydrogens is 638 g/mol. The number of carbonyl (C=O) groups is 3. The van der Waals surface area contributed by atoms with Crippen LogP contribution in [0.3, 0.4) is 0 Å². The molecule has 3 aliphatic rings. The van der Waals surface area contributed by atoms with Gasteiger partial charge in [-0.25, -0.2) is 14.8 Å². The van der Waals surface area contributed by atoms with Crippen molar-refractivity contribution >= 4 is 64.0 Å². The smallest absolute Gasteiger partial charge is 0.336 e. The maximum atomic E-state index is 12.8. The molecule has 48 heavy (non-hydrogen) atoms. The van der Waals surface area contributed by atoms with E-state index in [0.29, 0.717) is 59.6 Å². The van der Waals surface area contributed by atoms with E-state index in [1.54, 1.807) is 48.4 Å². The molecule has 0 fully saturated rings. The first kappa shape index (κ1) is 34.6. The molecule has 0 saturated carbocycles. The average molecular weight is 680 g/mol. The number of amides is 2. The van der Waals surface area contributed by atoms with Gasteiger partial charge in [0, 0.05) is 38.2 Å². The molecule has 0 unspecified atom stereocenters. The molecule has 15 heteroatoms. The lowest BCUT2D eigenvalue weighted by atomic mass is 10.0. The van der Waals surface area contributed by atoms with E-state index in [4.69, 9.17) is 21.3 Å². The molecule has 256 valence electrons. The summed E-state index contributed by atoms with van der Waals surface area (Å²) in [4.78, 5) is 61.2. The summed E-state index contributed by atoms with van der Waals surface area (Å²) in [6.07, 6.45) is 5.19. The lowest BCUT2D eigenvalue weighted by molar-refractivity contribution is -0.120. The zero-order valence-corrected chi connectivity index (χ0v) is 29.2. The maximum absolute atomic E-state index is 12.8. The number of ether oxygens (including phenoxy) is 1. The number of nitrogens with zero attached hydrogens (tertiary/aromatic N) is 8. The predicted molar refractivity (Wildman–Crippen MR) is 185 cm³/mol. The van der Waals surface area contributed by atoms with Gasteiger partial charge in [0.1, 0.15) is 29.2 Å². The molecule has 2 aromatic heterocycles. The molecule has 3 aliphatic heterocycles. The second kappa shape index (κ2) is 13.8. The van der Waals surface area contributed by atoms with Gasteiger partial charge in [0.05, 0.1) is 30.3 Å². The fourth-order valence-electron chi connectivity index (χ4n) is 6.51. The number of benzene rings is 1. The molecule has 6 rings (SSSR count). The second-order valence-electron chi connectivity index (χ2n) is 12.4. The van der Waals surface area contributed by atoms with Gasteiger partial charge >= 0.3 is 5.97 Å². The topological polar surface area (TPSA) is 157 Å². The van der Waals surface area contributed by atoms with Crippen LogP contribution in [0.25, 0.3) is 0 Å². The van der Waals surface area contributed by atoms with E-state index in [9.17, 15) is 19.5 Å². The number of halogens is 1. The zero-order valence-electron chi connectivity index (χ0n) is 28.5. The van der Waals surface area contributed by atoms with Crippen LogP contribution < -0.4 is 29.7 Å². The molecular formula is C33H42ClN9O5. The summed E-state index contributed by atoms with van der Waals surface area (Å²) in [6.45, 7) is 12.6. The van der Waals surface area contributed by atoms with Crippen LogP contribution in [0.5, 0.6) is 5.75 Å². The standard InChI is InChI=1S/C21H25N5O4.C12H17ClN4O/c1-5-15-19(27)25(4)16-10-22-21(24-18(16)26(15)11(2)3)23-14-7-6-13(20(28)29)12-8-9-30-17(12)14;1-5-8-11(18)16(4)9-6-14-12(13)15-10(9)17(8)7(2)3/h6-7,10-11,15H,5,8-9H2,1-4H3,(H,28,29)(H,22,23,24);6-8H,5H2,1-4H3/t15-;8-/m00/s1. The number of carbonyl (C=O) groups excluding carboxylic acids is 2. The van der Waals surface area contributed by atoms with Crippen molar-refractivity contribution in [2.45, 2.75) is 85.0 Å². The lowest BCUT2D eigenvalue weighted by Crippen LogP contribution is -2.54. The number of aromatic nitrogens is 4. The number of fused-ring (bicyclic) bond motifs is 3. The van der Waals surface area contributed by atoms with Crippen molar-refractivity contribution in [1.82, 2.24) is 19.9 Å². The fourth-order valence-corrected chi connectivity index (χ4v) is 6.64. The van der Waals surface area contributed by atoms with E-state index >= 15 is 0 Å². The van der Waals surface area contributed by atoms with Crippen molar-refractivity contribution in [2.24, 2.45) is 0 Å². The van der Waals surface area contributed by atoms with Crippen LogP contribution in [-0.2, 0) is 16.0 Å². The van der Waals surface area contributed by atoms with Crippen LogP contribution in [0, 0.1) is 0 Å². The molecule has 2 amide bonds. The Morgan fingerprint density at radius 1 is 0.938 bits per heavy atom. The summed E-state index contributed by atoms with van der Waals surface area (Å²) in [6, 6.07) is 3.02. The Bertz CT molecular complexity index is 1740. The van der Waals surface area contributed by atoms with Crippen LogP contribution in [0.4, 0.5) is 34.6 Å². The van der Waals surface area contributed by atoms with Crippen LogP contribution >= 0.6 is 11.6 Å². The molecule has 0 saturated heterocycles. The summed E-state index contributed by atoms with van der Waals surface area (Å²) in [5.41, 5.74) is 2.91. The van der Waals surface area contributed by atoms with Crippen molar-refractivity contribution in [1.29, 1.82) is 0 Å². The monoisotopic (exact) mass is 679 g/mol. The predicted octanol–water partition coefficient (Wildman–Crippen LogP) is 4.92. The Hall–Kier alpha value is -4.72. The van der Waals surface area contributed by atoms with E-state index in [2.05, 4.69) is 20.3 Å². The van der Waals surface area contributed by atoms with Gasteiger partial charge in [0.2, 0.25) is 23.0 Å². The normalized spacial score (nSPS) is 18.3. The van der Waals surface area contributed by atoms with Crippen molar-refractivity contribution in [3.8, 4) is 5.75 Å². The number of rotatable bonds is 7. The van der Waals surface area contributed by atoms with Gasteiger partial charge in [-0.2, -0.15) is 9.97 Å². The number of carboxylic acid groups (broad SMARTS) is 1. The van der Waals surface area contributed by atoms with E-state index in [1.807, 2.05) is 51.3 Å². The number of nitrogens with one attached hydrogen (secondary N) is 1. The third kappa shape index (κ3) is 6.16. The van der Waals surface area contributed by atoms with Gasteiger partial charge in [-0.1, -0.05) is 13.8 Å². The first-order valence-corrected chi connectivity index (χ1v) is 16.5. The van der Waals surface area contributed by atoms with Gasteiger partial charge in [0.25, 0.3) is 0 Å². The van der Waals surface area contributed by atoms with Crippen molar-refractivity contribution in [3.05, 3.63) is 40.9 Å². The average Bonchev–Trinajstić information content (AvgIpc) is 3.54. The second-order valence-corrected chi connectivity index (χ2v) is 12.7. The van der Waals surface area contributed by atoms with E-state index < -0.39 is 5.97 Å². The maximum Gasteiger partial charge on any atom is 0.336 e. The van der Waals surface area contributed by atoms with Crippen LogP contribution in [0.1, 0.15) is 70.3 Å². The van der Waals surface area contributed by atoms with E-state index in [0.717, 1.165) is 12.2 Å². The first-order valence-electron chi connectivity index (χ1n) is 16.1. The molecule has 14 nitrogen and oxygen atoms in total. The summed E-state index contributed by atoms with van der Waals surface area (Å²) < 4.78 is 5.69. The highest BCUT2D eigenvalue weighted by Gasteiger charge is 2.39. The van der Waals surface area contributed by atoms with Crippen LogP contribution in [0.2, 0.25) is 5.28 Å². The molecule has 0 bridgehead atoms. The van der Waals surface area contributed by atoms with Crippen molar-refractivity contribution in [3.63, 3.8) is 0 Å². The molecule has 3 aromatic rings. The molecule has 2 atom stereocenters. The minimum Gasteiger partial charge on any atom is -0.491 e. The largest absolute Gasteiger partial charge is 0.491 e. The summed E-state index contributed by atoms with van der Waals surface area (Å²) in [5, 5.41) is 12.8. The Kier molecular flexibility index (Phi) is 9.94. The number of hydrogen-bond donors (Lipinski definition) is 2. The Labute approximate surface area is 285 Å².